The van der Waals surface area contributed by atoms with Crippen LogP contribution in [0.5, 0.6) is 5.75 Å². The van der Waals surface area contributed by atoms with E-state index in [1.165, 1.54) is 0 Å². The van der Waals surface area contributed by atoms with E-state index in [9.17, 15) is 9.59 Å². The first-order valence-electron chi connectivity index (χ1n) is 8.20. The van der Waals surface area contributed by atoms with Crippen LogP contribution in [-0.4, -0.2) is 28.2 Å². The van der Waals surface area contributed by atoms with Crippen LogP contribution in [0, 0.1) is 6.92 Å². The number of rotatable bonds is 3. The van der Waals surface area contributed by atoms with Gasteiger partial charge in [0.1, 0.15) is 5.75 Å². The monoisotopic (exact) mass is 382 g/mol. The van der Waals surface area contributed by atoms with Crippen LogP contribution in [0.4, 0.5) is 11.4 Å². The minimum atomic E-state index is -0.305. The standard InChI is InChI=1S/C19H15ClN4O3/c1-11-6-7-21-24(11)13-4-2-12(3-5-13)19(26)23-15-9-17-16(8-14(15)20)22-18(25)10-27-17/h2-9H,10H2,1H3,(H,22,25)(H,23,26). The lowest BCUT2D eigenvalue weighted by Crippen LogP contribution is -2.25. The van der Waals surface area contributed by atoms with E-state index in [2.05, 4.69) is 15.7 Å². The number of aryl methyl sites for hydroxylation is 1. The molecule has 0 bridgehead atoms. The summed E-state index contributed by atoms with van der Waals surface area (Å²) in [6.45, 7) is 1.88. The Labute approximate surface area is 159 Å². The predicted octanol–water partition coefficient (Wildman–Crippen LogP) is 3.42. The van der Waals surface area contributed by atoms with E-state index in [1.54, 1.807) is 35.1 Å². The lowest BCUT2D eigenvalue weighted by molar-refractivity contribution is -0.118. The highest BCUT2D eigenvalue weighted by molar-refractivity contribution is 6.34. The molecule has 0 saturated heterocycles. The largest absolute Gasteiger partial charge is 0.482 e. The molecule has 2 heterocycles. The first-order chi connectivity index (χ1) is 13.0. The van der Waals surface area contributed by atoms with Crippen LogP contribution in [0.2, 0.25) is 5.02 Å². The van der Waals surface area contributed by atoms with Gasteiger partial charge in [-0.25, -0.2) is 4.68 Å². The van der Waals surface area contributed by atoms with E-state index in [0.717, 1.165) is 11.4 Å². The minimum Gasteiger partial charge on any atom is -0.482 e. The molecule has 1 aromatic heterocycles. The summed E-state index contributed by atoms with van der Waals surface area (Å²) in [5.74, 6) is -0.0953. The Morgan fingerprint density at radius 2 is 2.04 bits per heavy atom. The van der Waals surface area contributed by atoms with Gasteiger partial charge in [-0.2, -0.15) is 5.10 Å². The van der Waals surface area contributed by atoms with Gasteiger partial charge < -0.3 is 15.4 Å². The number of fused-ring (bicyclic) bond motifs is 1. The number of halogens is 1. The van der Waals surface area contributed by atoms with Gasteiger partial charge >= 0.3 is 0 Å². The fourth-order valence-corrected chi connectivity index (χ4v) is 3.00. The summed E-state index contributed by atoms with van der Waals surface area (Å²) in [5.41, 5.74) is 3.23. The highest BCUT2D eigenvalue weighted by atomic mass is 35.5. The van der Waals surface area contributed by atoms with E-state index in [-0.39, 0.29) is 18.4 Å². The number of aromatic nitrogens is 2. The van der Waals surface area contributed by atoms with Gasteiger partial charge in [0.25, 0.3) is 11.8 Å². The van der Waals surface area contributed by atoms with Crippen LogP contribution < -0.4 is 15.4 Å². The number of carbonyl (C=O) groups excluding carboxylic acids is 2. The molecule has 4 rings (SSSR count). The van der Waals surface area contributed by atoms with Crippen molar-refractivity contribution in [3.8, 4) is 11.4 Å². The second-order valence-electron chi connectivity index (χ2n) is 6.05. The van der Waals surface area contributed by atoms with Crippen molar-refractivity contribution >= 4 is 34.8 Å². The number of ether oxygens (including phenoxy) is 1. The van der Waals surface area contributed by atoms with E-state index < -0.39 is 0 Å². The Morgan fingerprint density at radius 1 is 1.26 bits per heavy atom. The predicted molar refractivity (Wildman–Crippen MR) is 102 cm³/mol. The molecule has 0 unspecified atom stereocenters. The molecule has 2 aromatic carbocycles. The molecule has 0 fully saturated rings. The van der Waals surface area contributed by atoms with Crippen LogP contribution in [-0.2, 0) is 4.79 Å². The van der Waals surface area contributed by atoms with Gasteiger partial charge in [-0.15, -0.1) is 0 Å². The first kappa shape index (κ1) is 17.1. The third-order valence-corrected chi connectivity index (χ3v) is 4.47. The van der Waals surface area contributed by atoms with Gasteiger partial charge in [0.2, 0.25) is 0 Å². The van der Waals surface area contributed by atoms with Crippen molar-refractivity contribution in [3.05, 3.63) is 64.9 Å². The number of hydrogen-bond donors (Lipinski definition) is 2. The number of anilines is 2. The summed E-state index contributed by atoms with van der Waals surface area (Å²) in [4.78, 5) is 23.9. The maximum atomic E-state index is 12.5. The quantitative estimate of drug-likeness (QED) is 0.726. The number of amides is 2. The maximum Gasteiger partial charge on any atom is 0.262 e. The van der Waals surface area contributed by atoms with Gasteiger partial charge in [-0.1, -0.05) is 11.6 Å². The highest BCUT2D eigenvalue weighted by Crippen LogP contribution is 2.36. The van der Waals surface area contributed by atoms with Gasteiger partial charge in [0, 0.05) is 23.5 Å². The van der Waals surface area contributed by atoms with Crippen molar-refractivity contribution in [2.24, 2.45) is 0 Å². The van der Waals surface area contributed by atoms with Crippen LogP contribution in [0.15, 0.2) is 48.7 Å². The summed E-state index contributed by atoms with van der Waals surface area (Å²) in [7, 11) is 0. The number of hydrogen-bond acceptors (Lipinski definition) is 4. The fourth-order valence-electron chi connectivity index (χ4n) is 2.78. The Balaban J connectivity index is 1.54. The number of nitrogens with zero attached hydrogens (tertiary/aromatic N) is 2. The number of carbonyl (C=O) groups is 2. The summed E-state index contributed by atoms with van der Waals surface area (Å²) < 4.78 is 7.14. The molecule has 1 aliphatic heterocycles. The molecule has 2 N–H and O–H groups in total. The normalized spacial score (nSPS) is 12.7. The molecule has 136 valence electrons. The topological polar surface area (TPSA) is 85.3 Å². The second-order valence-corrected chi connectivity index (χ2v) is 6.46. The van der Waals surface area contributed by atoms with E-state index in [1.807, 2.05) is 25.1 Å². The fraction of sp³-hybridized carbons (Fsp3) is 0.105. The molecule has 27 heavy (non-hydrogen) atoms. The smallest absolute Gasteiger partial charge is 0.262 e. The molecule has 0 saturated carbocycles. The van der Waals surface area contributed by atoms with Crippen LogP contribution in [0.3, 0.4) is 0 Å². The Morgan fingerprint density at radius 3 is 2.74 bits per heavy atom. The zero-order chi connectivity index (χ0) is 19.0. The molecule has 3 aromatic rings. The van der Waals surface area contributed by atoms with Crippen LogP contribution in [0.1, 0.15) is 16.1 Å². The summed E-state index contributed by atoms with van der Waals surface area (Å²) in [5, 5.41) is 9.98. The van der Waals surface area contributed by atoms with Crippen molar-refractivity contribution in [3.63, 3.8) is 0 Å². The zero-order valence-corrected chi connectivity index (χ0v) is 15.1. The Hall–Kier alpha value is -3.32. The minimum absolute atomic E-state index is 0.0731. The SMILES string of the molecule is Cc1ccnn1-c1ccc(C(=O)Nc2cc3c(cc2Cl)NC(=O)CO3)cc1. The van der Waals surface area contributed by atoms with Crippen molar-refractivity contribution in [2.75, 3.05) is 17.2 Å². The average Bonchev–Trinajstić information content (AvgIpc) is 3.08. The van der Waals surface area contributed by atoms with Crippen LogP contribution in [0.25, 0.3) is 5.69 Å². The van der Waals surface area contributed by atoms with Gasteiger partial charge in [-0.05, 0) is 43.3 Å². The van der Waals surface area contributed by atoms with Gasteiger partial charge in [-0.3, -0.25) is 9.59 Å². The van der Waals surface area contributed by atoms with Crippen molar-refractivity contribution < 1.29 is 14.3 Å². The summed E-state index contributed by atoms with van der Waals surface area (Å²) in [6, 6.07) is 12.1. The van der Waals surface area contributed by atoms with E-state index >= 15 is 0 Å². The molecular weight excluding hydrogens is 368 g/mol. The Kier molecular flexibility index (Phi) is 4.29. The van der Waals surface area contributed by atoms with Gasteiger partial charge in [0.05, 0.1) is 22.1 Å². The average molecular weight is 383 g/mol. The number of benzene rings is 2. The summed E-state index contributed by atoms with van der Waals surface area (Å²) >= 11 is 6.22. The van der Waals surface area contributed by atoms with Crippen molar-refractivity contribution in [2.45, 2.75) is 6.92 Å². The van der Waals surface area contributed by atoms with Crippen molar-refractivity contribution in [1.82, 2.24) is 9.78 Å². The second kappa shape index (κ2) is 6.77. The van der Waals surface area contributed by atoms with Crippen LogP contribution >= 0.6 is 11.6 Å². The third-order valence-electron chi connectivity index (χ3n) is 4.16. The highest BCUT2D eigenvalue weighted by Gasteiger charge is 2.19. The lowest BCUT2D eigenvalue weighted by Gasteiger charge is -2.19. The number of nitrogens with one attached hydrogen (secondary N) is 2. The Bertz CT molecular complexity index is 1040. The maximum absolute atomic E-state index is 12.5. The zero-order valence-electron chi connectivity index (χ0n) is 14.3. The molecule has 0 radical (unpaired) electrons. The lowest BCUT2D eigenvalue weighted by atomic mass is 10.1. The molecule has 0 aliphatic carbocycles. The molecule has 7 nitrogen and oxygen atoms in total. The molecule has 8 heteroatoms. The van der Waals surface area contributed by atoms with E-state index in [4.69, 9.17) is 16.3 Å². The molecule has 0 spiro atoms. The third kappa shape index (κ3) is 3.37. The summed E-state index contributed by atoms with van der Waals surface area (Å²) in [6.07, 6.45) is 1.72. The van der Waals surface area contributed by atoms with E-state index in [0.29, 0.717) is 27.7 Å². The molecule has 1 aliphatic rings. The van der Waals surface area contributed by atoms with Gasteiger partial charge in [0.15, 0.2) is 6.61 Å². The molecule has 0 atom stereocenters. The first-order valence-corrected chi connectivity index (χ1v) is 8.58. The van der Waals surface area contributed by atoms with Crippen molar-refractivity contribution in [1.29, 1.82) is 0 Å². The molecular formula is C19H15ClN4O3. The molecule has 2 amide bonds.